The molecule has 1 heterocycles. The van der Waals surface area contributed by atoms with Crippen LogP contribution < -0.4 is 0 Å². The van der Waals surface area contributed by atoms with Gasteiger partial charge < -0.3 is 0 Å². The van der Waals surface area contributed by atoms with Crippen molar-refractivity contribution in [2.24, 2.45) is 0 Å². The fraction of sp³-hybridized carbons (Fsp3) is 0.556. The molecule has 0 N–H and O–H groups in total. The molecular formula is C18H22N2. The van der Waals surface area contributed by atoms with Crippen LogP contribution in [0.1, 0.15) is 27.7 Å². The summed E-state index contributed by atoms with van der Waals surface area (Å²) in [4.78, 5) is 4.41. The molecule has 0 amide bonds. The van der Waals surface area contributed by atoms with Gasteiger partial charge in [0.05, 0.1) is 26.2 Å². The van der Waals surface area contributed by atoms with Gasteiger partial charge >= 0.3 is 0 Å². The minimum atomic E-state index is 0.420. The lowest BCUT2D eigenvalue weighted by Crippen LogP contribution is -2.32. The molecule has 2 heteroatoms. The van der Waals surface area contributed by atoms with Gasteiger partial charge in [0, 0.05) is 12.1 Å². The molecule has 0 unspecified atom stereocenters. The number of hydrogen-bond acceptors (Lipinski definition) is 2. The summed E-state index contributed by atoms with van der Waals surface area (Å²) in [6, 6.07) is 0.840. The quantitative estimate of drug-likeness (QED) is 0.698. The van der Waals surface area contributed by atoms with E-state index in [0.29, 0.717) is 38.3 Å². The Morgan fingerprint density at radius 2 is 0.800 bits per heavy atom. The molecule has 0 bridgehead atoms. The van der Waals surface area contributed by atoms with Crippen molar-refractivity contribution in [3.8, 4) is 47.4 Å². The highest BCUT2D eigenvalue weighted by molar-refractivity contribution is 5.29. The first-order valence-corrected chi connectivity index (χ1v) is 7.00. The van der Waals surface area contributed by atoms with E-state index in [1.54, 1.807) is 0 Å². The van der Waals surface area contributed by atoms with Gasteiger partial charge in [0.1, 0.15) is 0 Å². The van der Waals surface area contributed by atoms with E-state index in [4.69, 9.17) is 0 Å². The summed E-state index contributed by atoms with van der Waals surface area (Å²) in [7, 11) is 0. The molecule has 0 fully saturated rings. The first-order valence-electron chi connectivity index (χ1n) is 7.00. The van der Waals surface area contributed by atoms with E-state index in [1.807, 2.05) is 0 Å². The van der Waals surface area contributed by atoms with Crippen LogP contribution in [0.2, 0.25) is 0 Å². The first-order chi connectivity index (χ1) is 9.61. The second kappa shape index (κ2) is 9.13. The summed E-state index contributed by atoms with van der Waals surface area (Å²) in [5.74, 6) is 24.1. The van der Waals surface area contributed by atoms with E-state index in [0.717, 1.165) is 0 Å². The maximum atomic E-state index is 3.09. The molecule has 1 rings (SSSR count). The minimum Gasteiger partial charge on any atom is -0.279 e. The Hall–Kier alpha value is -1.84. The topological polar surface area (TPSA) is 6.48 Å². The van der Waals surface area contributed by atoms with Crippen LogP contribution in [-0.4, -0.2) is 48.1 Å². The predicted molar refractivity (Wildman–Crippen MR) is 84.5 cm³/mol. The lowest BCUT2D eigenvalue weighted by molar-refractivity contribution is 0.281. The second-order valence-corrected chi connectivity index (χ2v) is 5.20. The second-order valence-electron chi connectivity index (χ2n) is 5.20. The van der Waals surface area contributed by atoms with Crippen LogP contribution >= 0.6 is 0 Å². The van der Waals surface area contributed by atoms with Crippen molar-refractivity contribution in [2.45, 2.75) is 39.8 Å². The summed E-state index contributed by atoms with van der Waals surface area (Å²) in [5, 5.41) is 0. The highest BCUT2D eigenvalue weighted by atomic mass is 15.1. The van der Waals surface area contributed by atoms with Crippen molar-refractivity contribution in [3.63, 3.8) is 0 Å². The van der Waals surface area contributed by atoms with Crippen LogP contribution in [0.4, 0.5) is 0 Å². The molecule has 0 radical (unpaired) electrons. The Bertz CT molecular complexity index is 445. The van der Waals surface area contributed by atoms with Gasteiger partial charge in [0.25, 0.3) is 0 Å². The third kappa shape index (κ3) is 6.36. The Balaban J connectivity index is 2.82. The molecule has 1 aliphatic rings. The summed E-state index contributed by atoms with van der Waals surface area (Å²) in [6.07, 6.45) is 0. The van der Waals surface area contributed by atoms with E-state index < -0.39 is 0 Å². The van der Waals surface area contributed by atoms with E-state index in [1.165, 1.54) is 0 Å². The van der Waals surface area contributed by atoms with Gasteiger partial charge in [-0.1, -0.05) is 23.7 Å². The summed E-state index contributed by atoms with van der Waals surface area (Å²) < 4.78 is 0. The van der Waals surface area contributed by atoms with Crippen LogP contribution in [0.15, 0.2) is 0 Å². The molecule has 20 heavy (non-hydrogen) atoms. The third-order valence-electron chi connectivity index (χ3n) is 3.07. The van der Waals surface area contributed by atoms with E-state index in [2.05, 4.69) is 84.9 Å². The SMILES string of the molecule is CC(C)N1CC#CC#CCN(C(C)C)CC#CC#CC1. The Morgan fingerprint density at radius 1 is 0.550 bits per heavy atom. The van der Waals surface area contributed by atoms with Crippen LogP contribution in [0.5, 0.6) is 0 Å². The monoisotopic (exact) mass is 266 g/mol. The van der Waals surface area contributed by atoms with Crippen LogP contribution in [0.25, 0.3) is 0 Å². The van der Waals surface area contributed by atoms with Gasteiger partial charge in [-0.2, -0.15) is 0 Å². The molecule has 0 spiro atoms. The molecule has 0 saturated carbocycles. The normalized spacial score (nSPS) is 16.7. The molecule has 0 aromatic rings. The smallest absolute Gasteiger partial charge is 0.0622 e. The van der Waals surface area contributed by atoms with Gasteiger partial charge in [0.15, 0.2) is 0 Å². The molecule has 0 aromatic carbocycles. The van der Waals surface area contributed by atoms with E-state index >= 15 is 0 Å². The van der Waals surface area contributed by atoms with Crippen LogP contribution in [-0.2, 0) is 0 Å². The predicted octanol–water partition coefficient (Wildman–Crippen LogP) is 1.43. The molecule has 104 valence electrons. The maximum absolute atomic E-state index is 3.09. The molecule has 0 saturated heterocycles. The number of hydrogen-bond donors (Lipinski definition) is 0. The molecule has 2 nitrogen and oxygen atoms in total. The zero-order valence-electron chi connectivity index (χ0n) is 12.9. The lowest BCUT2D eigenvalue weighted by atomic mass is 10.3. The first kappa shape index (κ1) is 16.2. The number of nitrogens with zero attached hydrogens (tertiary/aromatic N) is 2. The third-order valence-corrected chi connectivity index (χ3v) is 3.07. The molecule has 1 aliphatic heterocycles. The fourth-order valence-electron chi connectivity index (χ4n) is 1.58. The van der Waals surface area contributed by atoms with Crippen LogP contribution in [0, 0.1) is 47.4 Å². The van der Waals surface area contributed by atoms with Crippen LogP contribution in [0.3, 0.4) is 0 Å². The largest absolute Gasteiger partial charge is 0.279 e. The highest BCUT2D eigenvalue weighted by Gasteiger charge is 2.06. The Morgan fingerprint density at radius 3 is 1.00 bits per heavy atom. The van der Waals surface area contributed by atoms with Gasteiger partial charge in [-0.3, -0.25) is 9.80 Å². The van der Waals surface area contributed by atoms with Crippen molar-refractivity contribution in [1.29, 1.82) is 0 Å². The number of rotatable bonds is 2. The molecule has 0 aromatic heterocycles. The fourth-order valence-corrected chi connectivity index (χ4v) is 1.58. The molecular weight excluding hydrogens is 244 g/mol. The van der Waals surface area contributed by atoms with Gasteiger partial charge in [-0.15, -0.1) is 0 Å². The molecule has 0 atom stereocenters. The zero-order valence-corrected chi connectivity index (χ0v) is 12.9. The summed E-state index contributed by atoms with van der Waals surface area (Å²) in [5.41, 5.74) is 0. The van der Waals surface area contributed by atoms with Crippen molar-refractivity contribution in [2.75, 3.05) is 26.2 Å². The minimum absolute atomic E-state index is 0.420. The average molecular weight is 266 g/mol. The Labute approximate surface area is 123 Å². The molecule has 0 aliphatic carbocycles. The van der Waals surface area contributed by atoms with Gasteiger partial charge in [-0.05, 0) is 51.4 Å². The van der Waals surface area contributed by atoms with E-state index in [-0.39, 0.29) is 0 Å². The van der Waals surface area contributed by atoms with Crippen molar-refractivity contribution >= 4 is 0 Å². The van der Waals surface area contributed by atoms with E-state index in [9.17, 15) is 0 Å². The van der Waals surface area contributed by atoms with Crippen molar-refractivity contribution in [1.82, 2.24) is 9.80 Å². The Kier molecular flexibility index (Phi) is 7.40. The van der Waals surface area contributed by atoms with Gasteiger partial charge in [-0.25, -0.2) is 0 Å². The van der Waals surface area contributed by atoms with Crippen molar-refractivity contribution in [3.05, 3.63) is 0 Å². The standard InChI is InChI=1S/C18H22N2/c1-17(2)19-13-9-5-7-11-15-20(18(3)4)16-12-8-6-10-14-19/h17-18H,13-16H2,1-4H3. The maximum Gasteiger partial charge on any atom is 0.0622 e. The van der Waals surface area contributed by atoms with Gasteiger partial charge in [0.2, 0.25) is 0 Å². The summed E-state index contributed by atoms with van der Waals surface area (Å²) in [6.45, 7) is 11.4. The van der Waals surface area contributed by atoms with Crippen molar-refractivity contribution < 1.29 is 0 Å². The zero-order chi connectivity index (χ0) is 14.8. The summed E-state index contributed by atoms with van der Waals surface area (Å²) >= 11 is 0. The lowest BCUT2D eigenvalue weighted by Gasteiger charge is -2.21. The average Bonchev–Trinajstić information content (AvgIpc) is 2.40. The highest BCUT2D eigenvalue weighted by Crippen LogP contribution is 1.96.